The fourth-order valence-electron chi connectivity index (χ4n) is 1.63. The van der Waals surface area contributed by atoms with Gasteiger partial charge >= 0.3 is 11.7 Å². The summed E-state index contributed by atoms with van der Waals surface area (Å²) in [5.74, 6) is -2.93. The Bertz CT molecular complexity index is 533. The number of carboxylic acids is 1. The zero-order valence-corrected chi connectivity index (χ0v) is 10.3. The van der Waals surface area contributed by atoms with Gasteiger partial charge in [-0.15, -0.1) is 0 Å². The number of benzene rings is 1. The van der Waals surface area contributed by atoms with Gasteiger partial charge in [-0.3, -0.25) is 24.6 Å². The highest BCUT2D eigenvalue weighted by atomic mass is 19.1. The Morgan fingerprint density at radius 3 is 2.50 bits per heavy atom. The van der Waals surface area contributed by atoms with Gasteiger partial charge in [0.05, 0.1) is 18.0 Å². The molecule has 0 aliphatic carbocycles. The zero-order chi connectivity index (χ0) is 15.3. The first-order chi connectivity index (χ1) is 9.29. The molecular weight excluding hydrogens is 273 g/mol. The highest BCUT2D eigenvalue weighted by Crippen LogP contribution is 2.18. The van der Waals surface area contributed by atoms with Gasteiger partial charge in [0.1, 0.15) is 0 Å². The second-order valence-corrected chi connectivity index (χ2v) is 4.05. The molecule has 3 N–H and O–H groups in total. The molecule has 0 atom stereocenters. The lowest BCUT2D eigenvalue weighted by atomic mass is 10.2. The third kappa shape index (κ3) is 4.61. The number of carbonyl (C=O) groups excluding carboxylic acids is 1. The highest BCUT2D eigenvalue weighted by Gasteiger charge is 2.17. The fraction of sp³-hybridized carbons (Fsp3) is 0.273. The molecule has 0 aromatic heterocycles. The maximum atomic E-state index is 13.4. The van der Waals surface area contributed by atoms with Crippen LogP contribution in [-0.2, 0) is 16.1 Å². The number of primary amides is 1. The molecule has 0 heterocycles. The van der Waals surface area contributed by atoms with Crippen LogP contribution in [0.2, 0.25) is 0 Å². The molecule has 0 bridgehead atoms. The summed E-state index contributed by atoms with van der Waals surface area (Å²) in [6, 6.07) is 3.19. The van der Waals surface area contributed by atoms with Crippen LogP contribution in [0.15, 0.2) is 18.2 Å². The maximum absolute atomic E-state index is 13.4. The van der Waals surface area contributed by atoms with Gasteiger partial charge in [-0.25, -0.2) is 0 Å². The SMILES string of the molecule is NC(=O)CN(CC(=O)O)Cc1ccc([N+](=O)[O-])c(F)c1. The molecule has 20 heavy (non-hydrogen) atoms. The van der Waals surface area contributed by atoms with Crippen molar-refractivity contribution in [2.24, 2.45) is 5.73 Å². The van der Waals surface area contributed by atoms with Crippen molar-refractivity contribution >= 4 is 17.6 Å². The van der Waals surface area contributed by atoms with Crippen LogP contribution < -0.4 is 5.73 Å². The van der Waals surface area contributed by atoms with E-state index < -0.39 is 34.8 Å². The number of carboxylic acid groups (broad SMARTS) is 1. The van der Waals surface area contributed by atoms with E-state index in [1.807, 2.05) is 0 Å². The lowest BCUT2D eigenvalue weighted by Crippen LogP contribution is -2.36. The normalized spacial score (nSPS) is 10.5. The summed E-state index contributed by atoms with van der Waals surface area (Å²) in [5.41, 5.74) is 4.61. The number of nitro groups is 1. The van der Waals surface area contributed by atoms with Crippen molar-refractivity contribution in [3.8, 4) is 0 Å². The third-order valence-corrected chi connectivity index (χ3v) is 2.35. The number of amides is 1. The third-order valence-electron chi connectivity index (χ3n) is 2.35. The number of nitrogens with zero attached hydrogens (tertiary/aromatic N) is 2. The minimum absolute atomic E-state index is 0.0653. The first-order valence-corrected chi connectivity index (χ1v) is 5.45. The monoisotopic (exact) mass is 285 g/mol. The van der Waals surface area contributed by atoms with Crippen molar-refractivity contribution in [1.82, 2.24) is 4.90 Å². The van der Waals surface area contributed by atoms with Gasteiger partial charge in [0.2, 0.25) is 11.7 Å². The molecule has 0 radical (unpaired) electrons. The fourth-order valence-corrected chi connectivity index (χ4v) is 1.63. The number of nitrogens with two attached hydrogens (primary N) is 1. The molecule has 0 saturated heterocycles. The van der Waals surface area contributed by atoms with Gasteiger partial charge in [0.25, 0.3) is 0 Å². The minimum Gasteiger partial charge on any atom is -0.480 e. The number of halogens is 1. The van der Waals surface area contributed by atoms with E-state index in [1.165, 1.54) is 11.0 Å². The van der Waals surface area contributed by atoms with E-state index in [9.17, 15) is 24.1 Å². The quantitative estimate of drug-likeness (QED) is 0.540. The minimum atomic E-state index is -1.17. The van der Waals surface area contributed by atoms with Crippen LogP contribution >= 0.6 is 0 Å². The first kappa shape index (κ1) is 15.5. The molecule has 0 unspecified atom stereocenters. The van der Waals surface area contributed by atoms with Crippen molar-refractivity contribution < 1.29 is 24.0 Å². The zero-order valence-electron chi connectivity index (χ0n) is 10.3. The highest BCUT2D eigenvalue weighted by molar-refractivity contribution is 5.77. The molecule has 1 rings (SSSR count). The Kier molecular flexibility index (Phi) is 5.09. The van der Waals surface area contributed by atoms with Crippen LogP contribution in [0, 0.1) is 15.9 Å². The van der Waals surface area contributed by atoms with E-state index in [2.05, 4.69) is 0 Å². The Morgan fingerprint density at radius 2 is 2.05 bits per heavy atom. The average molecular weight is 285 g/mol. The molecule has 8 nitrogen and oxygen atoms in total. The lowest BCUT2D eigenvalue weighted by Gasteiger charge is -2.18. The van der Waals surface area contributed by atoms with Gasteiger partial charge in [0.15, 0.2) is 0 Å². The van der Waals surface area contributed by atoms with Gasteiger partial charge in [-0.2, -0.15) is 4.39 Å². The number of rotatable bonds is 7. The Hall–Kier alpha value is -2.55. The Morgan fingerprint density at radius 1 is 1.40 bits per heavy atom. The summed E-state index contributed by atoms with van der Waals surface area (Å²) < 4.78 is 13.4. The van der Waals surface area contributed by atoms with Crippen LogP contribution in [0.3, 0.4) is 0 Å². The Labute approximate surface area is 112 Å². The molecule has 0 saturated carbocycles. The van der Waals surface area contributed by atoms with Gasteiger partial charge in [-0.05, 0) is 11.6 Å². The standard InChI is InChI=1S/C11H12FN3O5/c12-8-3-7(1-2-9(8)15(19)20)4-14(5-10(13)16)6-11(17)18/h1-3H,4-6H2,(H2,13,16)(H,17,18). The van der Waals surface area contributed by atoms with E-state index in [0.29, 0.717) is 5.56 Å². The summed E-state index contributed by atoms with van der Waals surface area (Å²) in [4.78, 5) is 32.2. The second kappa shape index (κ2) is 6.57. The molecule has 1 aromatic rings. The molecule has 108 valence electrons. The molecular formula is C11H12FN3O5. The number of carbonyl (C=O) groups is 2. The van der Waals surface area contributed by atoms with E-state index >= 15 is 0 Å². The van der Waals surface area contributed by atoms with Crippen LogP contribution in [0.5, 0.6) is 0 Å². The summed E-state index contributed by atoms with van der Waals surface area (Å²) >= 11 is 0. The molecule has 0 fully saturated rings. The number of aliphatic carboxylic acids is 1. The molecule has 9 heteroatoms. The second-order valence-electron chi connectivity index (χ2n) is 4.05. The van der Waals surface area contributed by atoms with Gasteiger partial charge < -0.3 is 10.8 Å². The molecule has 0 aliphatic rings. The van der Waals surface area contributed by atoms with E-state index in [1.54, 1.807) is 0 Å². The smallest absolute Gasteiger partial charge is 0.317 e. The lowest BCUT2D eigenvalue weighted by molar-refractivity contribution is -0.387. The van der Waals surface area contributed by atoms with E-state index in [0.717, 1.165) is 12.1 Å². The van der Waals surface area contributed by atoms with Crippen molar-refractivity contribution in [2.75, 3.05) is 13.1 Å². The number of nitro benzene ring substituents is 1. The van der Waals surface area contributed by atoms with Gasteiger partial charge in [0, 0.05) is 12.6 Å². The molecule has 1 aromatic carbocycles. The van der Waals surface area contributed by atoms with Crippen molar-refractivity contribution in [3.05, 3.63) is 39.7 Å². The molecule has 1 amide bonds. The maximum Gasteiger partial charge on any atom is 0.317 e. The van der Waals surface area contributed by atoms with Gasteiger partial charge in [-0.1, -0.05) is 6.07 Å². The summed E-state index contributed by atoms with van der Waals surface area (Å²) in [6.45, 7) is -0.837. The largest absolute Gasteiger partial charge is 0.480 e. The van der Waals surface area contributed by atoms with E-state index in [4.69, 9.17) is 10.8 Å². The van der Waals surface area contributed by atoms with Crippen molar-refractivity contribution in [1.29, 1.82) is 0 Å². The molecule has 0 spiro atoms. The van der Waals surface area contributed by atoms with Crippen LogP contribution in [0.1, 0.15) is 5.56 Å². The summed E-state index contributed by atoms with van der Waals surface area (Å²) in [7, 11) is 0. The average Bonchev–Trinajstić information content (AvgIpc) is 2.26. The number of hydrogen-bond acceptors (Lipinski definition) is 5. The first-order valence-electron chi connectivity index (χ1n) is 5.45. The van der Waals surface area contributed by atoms with E-state index in [-0.39, 0.29) is 13.1 Å². The Balaban J connectivity index is 2.87. The summed E-state index contributed by atoms with van der Waals surface area (Å²) in [6.07, 6.45) is 0. The van der Waals surface area contributed by atoms with Crippen molar-refractivity contribution in [2.45, 2.75) is 6.54 Å². The molecule has 0 aliphatic heterocycles. The predicted molar refractivity (Wildman–Crippen MR) is 65.2 cm³/mol. The summed E-state index contributed by atoms with van der Waals surface area (Å²) in [5, 5.41) is 19.2. The van der Waals surface area contributed by atoms with Crippen LogP contribution in [0.4, 0.5) is 10.1 Å². The topological polar surface area (TPSA) is 127 Å². The number of hydrogen-bond donors (Lipinski definition) is 2. The van der Waals surface area contributed by atoms with Crippen LogP contribution in [0.25, 0.3) is 0 Å². The van der Waals surface area contributed by atoms with Crippen molar-refractivity contribution in [3.63, 3.8) is 0 Å². The predicted octanol–water partition coefficient (Wildman–Crippen LogP) is 0.106. The van der Waals surface area contributed by atoms with Crippen LogP contribution in [-0.4, -0.2) is 39.9 Å².